The van der Waals surface area contributed by atoms with Crippen LogP contribution in [0, 0.1) is 13.8 Å². The number of aliphatic hydroxyl groups is 1. The summed E-state index contributed by atoms with van der Waals surface area (Å²) in [6.07, 6.45) is 0.676. The largest absolute Gasteiger partial charge is 0.394 e. The highest BCUT2D eigenvalue weighted by atomic mass is 16.3. The van der Waals surface area contributed by atoms with Gasteiger partial charge in [-0.3, -0.25) is 0 Å². The molecule has 6 heteroatoms. The fourth-order valence-electron chi connectivity index (χ4n) is 2.24. The third-order valence-electron chi connectivity index (χ3n) is 3.41. The monoisotopic (exact) mass is 302 g/mol. The van der Waals surface area contributed by atoms with Gasteiger partial charge < -0.3 is 15.7 Å². The van der Waals surface area contributed by atoms with E-state index in [0.29, 0.717) is 12.1 Å². The summed E-state index contributed by atoms with van der Waals surface area (Å²) in [6, 6.07) is 8.91. The zero-order valence-electron chi connectivity index (χ0n) is 13.1. The number of aromatic nitrogens is 2. The fraction of sp³-hybridized carbons (Fsp3) is 0.375. The SMILES string of the molecule is CCC(CO)NC(=O)Nc1cccc(-n2nc(C)cc2C)c1. The maximum atomic E-state index is 11.9. The summed E-state index contributed by atoms with van der Waals surface area (Å²) in [5, 5.41) is 19.0. The summed E-state index contributed by atoms with van der Waals surface area (Å²) >= 11 is 0. The van der Waals surface area contributed by atoms with Gasteiger partial charge in [0.05, 0.1) is 24.0 Å². The summed E-state index contributed by atoms with van der Waals surface area (Å²) in [6.45, 7) is 5.76. The van der Waals surface area contributed by atoms with Gasteiger partial charge in [-0.15, -0.1) is 0 Å². The average Bonchev–Trinajstić information content (AvgIpc) is 2.83. The molecule has 2 rings (SSSR count). The topological polar surface area (TPSA) is 79.2 Å². The van der Waals surface area contributed by atoms with Crippen LogP contribution in [0.25, 0.3) is 5.69 Å². The van der Waals surface area contributed by atoms with Crippen molar-refractivity contribution in [2.24, 2.45) is 0 Å². The average molecular weight is 302 g/mol. The van der Waals surface area contributed by atoms with E-state index >= 15 is 0 Å². The number of nitrogens with one attached hydrogen (secondary N) is 2. The first-order chi connectivity index (χ1) is 10.5. The Morgan fingerprint density at radius 3 is 2.73 bits per heavy atom. The smallest absolute Gasteiger partial charge is 0.319 e. The molecule has 0 fully saturated rings. The van der Waals surface area contributed by atoms with E-state index in [2.05, 4.69) is 15.7 Å². The molecule has 118 valence electrons. The van der Waals surface area contributed by atoms with Crippen molar-refractivity contribution in [3.05, 3.63) is 41.7 Å². The normalized spacial score (nSPS) is 12.0. The number of rotatable bonds is 5. The number of hydrogen-bond acceptors (Lipinski definition) is 3. The van der Waals surface area contributed by atoms with Gasteiger partial charge in [0.15, 0.2) is 0 Å². The number of anilines is 1. The molecule has 0 radical (unpaired) electrons. The molecule has 0 aliphatic heterocycles. The van der Waals surface area contributed by atoms with E-state index in [1.807, 2.05) is 55.8 Å². The van der Waals surface area contributed by atoms with E-state index in [0.717, 1.165) is 17.1 Å². The van der Waals surface area contributed by atoms with Crippen LogP contribution < -0.4 is 10.6 Å². The summed E-state index contributed by atoms with van der Waals surface area (Å²) < 4.78 is 1.83. The van der Waals surface area contributed by atoms with Crippen molar-refractivity contribution in [3.8, 4) is 5.69 Å². The van der Waals surface area contributed by atoms with Crippen LogP contribution in [-0.4, -0.2) is 33.6 Å². The van der Waals surface area contributed by atoms with Crippen molar-refractivity contribution >= 4 is 11.7 Å². The second-order valence-corrected chi connectivity index (χ2v) is 5.28. The van der Waals surface area contributed by atoms with E-state index in [-0.39, 0.29) is 18.7 Å². The van der Waals surface area contributed by atoms with Crippen LogP contribution in [-0.2, 0) is 0 Å². The Morgan fingerprint density at radius 2 is 2.14 bits per heavy atom. The number of benzene rings is 1. The highest BCUT2D eigenvalue weighted by molar-refractivity contribution is 5.89. The molecule has 22 heavy (non-hydrogen) atoms. The number of amides is 2. The zero-order valence-corrected chi connectivity index (χ0v) is 13.1. The predicted octanol–water partition coefficient (Wildman–Crippen LogP) is 2.38. The molecule has 1 aromatic heterocycles. The van der Waals surface area contributed by atoms with Gasteiger partial charge in [-0.25, -0.2) is 9.48 Å². The van der Waals surface area contributed by atoms with Crippen molar-refractivity contribution in [1.82, 2.24) is 15.1 Å². The van der Waals surface area contributed by atoms with Crippen molar-refractivity contribution in [3.63, 3.8) is 0 Å². The van der Waals surface area contributed by atoms with Gasteiger partial charge >= 0.3 is 6.03 Å². The van der Waals surface area contributed by atoms with Crippen LogP contribution in [0.15, 0.2) is 30.3 Å². The van der Waals surface area contributed by atoms with Crippen LogP contribution in [0.1, 0.15) is 24.7 Å². The maximum Gasteiger partial charge on any atom is 0.319 e. The number of carbonyl (C=O) groups is 1. The van der Waals surface area contributed by atoms with E-state index < -0.39 is 0 Å². The molecule has 3 N–H and O–H groups in total. The van der Waals surface area contributed by atoms with E-state index in [1.54, 1.807) is 0 Å². The zero-order chi connectivity index (χ0) is 16.1. The molecule has 1 heterocycles. The van der Waals surface area contributed by atoms with E-state index in [4.69, 9.17) is 5.11 Å². The van der Waals surface area contributed by atoms with Crippen LogP contribution in [0.4, 0.5) is 10.5 Å². The Kier molecular flexibility index (Phi) is 5.16. The molecule has 2 aromatic rings. The molecule has 6 nitrogen and oxygen atoms in total. The van der Waals surface area contributed by atoms with Crippen molar-refractivity contribution in [2.75, 3.05) is 11.9 Å². The van der Waals surface area contributed by atoms with Gasteiger partial charge in [0.2, 0.25) is 0 Å². The highest BCUT2D eigenvalue weighted by Gasteiger charge is 2.10. The molecule has 0 spiro atoms. The van der Waals surface area contributed by atoms with Gasteiger partial charge in [-0.1, -0.05) is 13.0 Å². The molecule has 0 aliphatic rings. The van der Waals surface area contributed by atoms with Crippen LogP contribution in [0.5, 0.6) is 0 Å². The van der Waals surface area contributed by atoms with Crippen LogP contribution >= 0.6 is 0 Å². The Morgan fingerprint density at radius 1 is 1.36 bits per heavy atom. The first-order valence-electron chi connectivity index (χ1n) is 7.35. The Balaban J connectivity index is 2.12. The Bertz CT molecular complexity index is 647. The van der Waals surface area contributed by atoms with Gasteiger partial charge in [0.1, 0.15) is 0 Å². The molecular formula is C16H22N4O2. The minimum absolute atomic E-state index is 0.0737. The molecule has 0 aliphatic carbocycles. The van der Waals surface area contributed by atoms with Crippen LogP contribution in [0.2, 0.25) is 0 Å². The molecule has 0 saturated heterocycles. The Labute approximate surface area is 130 Å². The maximum absolute atomic E-state index is 11.9. The number of urea groups is 1. The molecule has 1 atom stereocenters. The minimum atomic E-state index is -0.327. The van der Waals surface area contributed by atoms with Gasteiger partial charge in [0, 0.05) is 11.4 Å². The van der Waals surface area contributed by atoms with Crippen molar-refractivity contribution in [1.29, 1.82) is 0 Å². The first kappa shape index (κ1) is 16.0. The lowest BCUT2D eigenvalue weighted by Gasteiger charge is -2.15. The van der Waals surface area contributed by atoms with Crippen LogP contribution in [0.3, 0.4) is 0 Å². The summed E-state index contributed by atoms with van der Waals surface area (Å²) in [7, 11) is 0. The molecule has 1 aromatic carbocycles. The van der Waals surface area contributed by atoms with Crippen molar-refractivity contribution in [2.45, 2.75) is 33.2 Å². The summed E-state index contributed by atoms with van der Waals surface area (Å²) in [4.78, 5) is 11.9. The molecular weight excluding hydrogens is 280 g/mol. The standard InChI is InChI=1S/C16H22N4O2/c1-4-13(10-21)17-16(22)18-14-6-5-7-15(9-14)20-12(3)8-11(2)19-20/h5-9,13,21H,4,10H2,1-3H3,(H2,17,18,22). The van der Waals surface area contributed by atoms with Gasteiger partial charge in [-0.2, -0.15) is 5.10 Å². The lowest BCUT2D eigenvalue weighted by molar-refractivity contribution is 0.222. The second kappa shape index (κ2) is 7.09. The quantitative estimate of drug-likeness (QED) is 0.793. The minimum Gasteiger partial charge on any atom is -0.394 e. The number of aryl methyl sites for hydroxylation is 2. The lowest BCUT2D eigenvalue weighted by Crippen LogP contribution is -2.39. The third-order valence-corrected chi connectivity index (χ3v) is 3.41. The summed E-state index contributed by atoms with van der Waals surface area (Å²) in [5.74, 6) is 0. The third kappa shape index (κ3) is 3.85. The second-order valence-electron chi connectivity index (χ2n) is 5.28. The molecule has 1 unspecified atom stereocenters. The van der Waals surface area contributed by atoms with Crippen molar-refractivity contribution < 1.29 is 9.90 Å². The number of carbonyl (C=O) groups excluding carboxylic acids is 1. The number of nitrogens with zero attached hydrogens (tertiary/aromatic N) is 2. The van der Waals surface area contributed by atoms with E-state index in [9.17, 15) is 4.79 Å². The summed E-state index contributed by atoms with van der Waals surface area (Å²) in [5.41, 5.74) is 3.54. The number of aliphatic hydroxyl groups excluding tert-OH is 1. The molecule has 0 saturated carbocycles. The Hall–Kier alpha value is -2.34. The highest BCUT2D eigenvalue weighted by Crippen LogP contribution is 2.16. The predicted molar refractivity (Wildman–Crippen MR) is 86.4 cm³/mol. The number of hydrogen-bond donors (Lipinski definition) is 3. The van der Waals surface area contributed by atoms with E-state index in [1.165, 1.54) is 0 Å². The first-order valence-corrected chi connectivity index (χ1v) is 7.35. The molecule has 2 amide bonds. The molecule has 0 bridgehead atoms. The fourth-order valence-corrected chi connectivity index (χ4v) is 2.24. The lowest BCUT2D eigenvalue weighted by atomic mass is 10.2. The van der Waals surface area contributed by atoms with Gasteiger partial charge in [0.25, 0.3) is 0 Å². The van der Waals surface area contributed by atoms with Gasteiger partial charge in [-0.05, 0) is 44.5 Å².